The van der Waals surface area contributed by atoms with Crippen molar-refractivity contribution < 1.29 is 13.2 Å². The first-order valence-corrected chi connectivity index (χ1v) is 13.1. The highest BCUT2D eigenvalue weighted by atomic mass is 32.2. The van der Waals surface area contributed by atoms with Gasteiger partial charge in [0.1, 0.15) is 5.82 Å². The zero-order chi connectivity index (χ0) is 24.3. The Labute approximate surface area is 204 Å². The van der Waals surface area contributed by atoms with Crippen LogP contribution in [0.25, 0.3) is 16.9 Å². The van der Waals surface area contributed by atoms with E-state index in [9.17, 15) is 8.42 Å². The van der Waals surface area contributed by atoms with Crippen LogP contribution in [0.2, 0.25) is 0 Å². The minimum absolute atomic E-state index is 0.227. The van der Waals surface area contributed by atoms with Gasteiger partial charge >= 0.3 is 0 Å². The molecule has 0 radical (unpaired) electrons. The van der Waals surface area contributed by atoms with E-state index in [0.717, 1.165) is 47.1 Å². The summed E-state index contributed by atoms with van der Waals surface area (Å²) in [4.78, 5) is 7.19. The summed E-state index contributed by atoms with van der Waals surface area (Å²) in [6.45, 7) is 6.02. The highest BCUT2D eigenvalue weighted by Gasteiger charge is 2.16. The lowest BCUT2D eigenvalue weighted by molar-refractivity contribution is 0.0390. The molecule has 5 rings (SSSR count). The summed E-state index contributed by atoms with van der Waals surface area (Å²) >= 11 is 0. The summed E-state index contributed by atoms with van der Waals surface area (Å²) in [6.07, 6.45) is 1.78. The molecular formula is C25H28N6O3S. The number of aryl methyl sites for hydroxylation is 1. The Morgan fingerprint density at radius 3 is 2.51 bits per heavy atom. The quantitative estimate of drug-likeness (QED) is 0.390. The topological polar surface area (TPSA) is 101 Å². The monoisotopic (exact) mass is 492 g/mol. The Morgan fingerprint density at radius 2 is 1.77 bits per heavy atom. The molecule has 3 heterocycles. The van der Waals surface area contributed by atoms with E-state index in [0.29, 0.717) is 26.3 Å². The standard InChI is InChI=1S/C25H28N6O3S/c1-19-18-26-31-24(17-23(29-25(19)31)20-5-3-2-4-6-20)28-21-7-9-22(10-8-21)35(32,33)27-11-12-30-13-15-34-16-14-30/h2-10,17-18,27-28H,11-16H2,1H3. The Balaban J connectivity index is 1.32. The number of rotatable bonds is 8. The maximum absolute atomic E-state index is 12.7. The lowest BCUT2D eigenvalue weighted by Crippen LogP contribution is -2.41. The van der Waals surface area contributed by atoms with Gasteiger partial charge in [0.05, 0.1) is 30.0 Å². The van der Waals surface area contributed by atoms with Crippen molar-refractivity contribution in [2.24, 2.45) is 0 Å². The van der Waals surface area contributed by atoms with Crippen molar-refractivity contribution >= 4 is 27.2 Å². The highest BCUT2D eigenvalue weighted by molar-refractivity contribution is 7.89. The molecular weight excluding hydrogens is 464 g/mol. The van der Waals surface area contributed by atoms with Gasteiger partial charge in [0.2, 0.25) is 10.0 Å². The van der Waals surface area contributed by atoms with E-state index in [1.165, 1.54) is 0 Å². The molecule has 35 heavy (non-hydrogen) atoms. The Kier molecular flexibility index (Phi) is 6.78. The molecule has 0 atom stereocenters. The fourth-order valence-corrected chi connectivity index (χ4v) is 5.05. The number of nitrogens with zero attached hydrogens (tertiary/aromatic N) is 4. The van der Waals surface area contributed by atoms with Crippen LogP contribution < -0.4 is 10.0 Å². The van der Waals surface area contributed by atoms with Crippen molar-refractivity contribution in [3.8, 4) is 11.3 Å². The number of fused-ring (bicyclic) bond motifs is 1. The number of ether oxygens (including phenoxy) is 1. The van der Waals surface area contributed by atoms with Crippen LogP contribution in [0.15, 0.2) is 71.8 Å². The van der Waals surface area contributed by atoms with Crippen LogP contribution in [0.4, 0.5) is 11.5 Å². The van der Waals surface area contributed by atoms with Gasteiger partial charge in [-0.2, -0.15) is 9.61 Å². The normalized spacial score (nSPS) is 14.9. The number of benzene rings is 2. The summed E-state index contributed by atoms with van der Waals surface area (Å²) in [7, 11) is -3.59. The fraction of sp³-hybridized carbons (Fsp3) is 0.280. The molecule has 0 aliphatic carbocycles. The van der Waals surface area contributed by atoms with Crippen LogP contribution in [0.3, 0.4) is 0 Å². The van der Waals surface area contributed by atoms with Crippen molar-refractivity contribution in [3.05, 3.63) is 72.4 Å². The predicted molar refractivity (Wildman–Crippen MR) is 135 cm³/mol. The zero-order valence-corrected chi connectivity index (χ0v) is 20.3. The summed E-state index contributed by atoms with van der Waals surface area (Å²) in [6, 6.07) is 18.6. The molecule has 2 aromatic heterocycles. The van der Waals surface area contributed by atoms with Gasteiger partial charge in [-0.15, -0.1) is 0 Å². The van der Waals surface area contributed by atoms with Crippen molar-refractivity contribution in [2.45, 2.75) is 11.8 Å². The van der Waals surface area contributed by atoms with E-state index in [4.69, 9.17) is 9.72 Å². The summed E-state index contributed by atoms with van der Waals surface area (Å²) in [5.41, 5.74) is 4.31. The van der Waals surface area contributed by atoms with E-state index < -0.39 is 10.0 Å². The van der Waals surface area contributed by atoms with Crippen LogP contribution in [0.5, 0.6) is 0 Å². The van der Waals surface area contributed by atoms with Crippen molar-refractivity contribution in [3.63, 3.8) is 0 Å². The van der Waals surface area contributed by atoms with Crippen molar-refractivity contribution in [2.75, 3.05) is 44.7 Å². The molecule has 2 aromatic carbocycles. The van der Waals surface area contributed by atoms with Gasteiger partial charge in [-0.05, 0) is 31.2 Å². The molecule has 1 aliphatic heterocycles. The number of morpholine rings is 1. The van der Waals surface area contributed by atoms with E-state index in [1.54, 1.807) is 35.0 Å². The predicted octanol–water partition coefficient (Wildman–Crippen LogP) is 3.06. The molecule has 0 spiro atoms. The molecule has 0 unspecified atom stereocenters. The first-order valence-electron chi connectivity index (χ1n) is 11.6. The molecule has 0 saturated carbocycles. The smallest absolute Gasteiger partial charge is 0.240 e. The molecule has 4 aromatic rings. The maximum atomic E-state index is 12.7. The average Bonchev–Trinajstić information content (AvgIpc) is 3.26. The van der Waals surface area contributed by atoms with E-state index in [1.807, 2.05) is 43.3 Å². The van der Waals surface area contributed by atoms with Gasteiger partial charge in [0.15, 0.2) is 5.65 Å². The third-order valence-electron chi connectivity index (χ3n) is 5.98. The summed E-state index contributed by atoms with van der Waals surface area (Å²) in [5.74, 6) is 0.737. The van der Waals surface area contributed by atoms with Gasteiger partial charge in [-0.1, -0.05) is 30.3 Å². The lowest BCUT2D eigenvalue weighted by Gasteiger charge is -2.26. The average molecular weight is 493 g/mol. The SMILES string of the molecule is Cc1cnn2c(Nc3ccc(S(=O)(=O)NCCN4CCOCC4)cc3)cc(-c3ccccc3)nc12. The number of hydrogen-bond donors (Lipinski definition) is 2. The van der Waals surface area contributed by atoms with E-state index in [-0.39, 0.29) is 4.90 Å². The number of hydrogen-bond acceptors (Lipinski definition) is 7. The second-order valence-electron chi connectivity index (χ2n) is 8.46. The van der Waals surface area contributed by atoms with Gasteiger partial charge < -0.3 is 10.1 Å². The minimum atomic E-state index is -3.59. The Bertz CT molecular complexity index is 1400. The second-order valence-corrected chi connectivity index (χ2v) is 10.2. The molecule has 1 saturated heterocycles. The molecule has 1 aliphatic rings. The van der Waals surface area contributed by atoms with Crippen LogP contribution >= 0.6 is 0 Å². The minimum Gasteiger partial charge on any atom is -0.379 e. The van der Waals surface area contributed by atoms with Crippen molar-refractivity contribution in [1.29, 1.82) is 0 Å². The molecule has 9 nitrogen and oxygen atoms in total. The van der Waals surface area contributed by atoms with Crippen LogP contribution in [-0.4, -0.2) is 67.3 Å². The van der Waals surface area contributed by atoms with Crippen LogP contribution in [0.1, 0.15) is 5.56 Å². The molecule has 1 fully saturated rings. The number of anilines is 2. The third kappa shape index (κ3) is 5.35. The summed E-state index contributed by atoms with van der Waals surface area (Å²) in [5, 5.41) is 7.81. The lowest BCUT2D eigenvalue weighted by atomic mass is 10.1. The molecule has 10 heteroatoms. The largest absolute Gasteiger partial charge is 0.379 e. The maximum Gasteiger partial charge on any atom is 0.240 e. The van der Waals surface area contributed by atoms with Crippen LogP contribution in [-0.2, 0) is 14.8 Å². The van der Waals surface area contributed by atoms with Gasteiger partial charge in [0, 0.05) is 49.1 Å². The Hall–Kier alpha value is -3.31. The van der Waals surface area contributed by atoms with Gasteiger partial charge in [-0.25, -0.2) is 18.1 Å². The number of nitrogens with one attached hydrogen (secondary N) is 2. The van der Waals surface area contributed by atoms with Crippen molar-refractivity contribution in [1.82, 2.24) is 24.2 Å². The number of sulfonamides is 1. The Morgan fingerprint density at radius 1 is 1.03 bits per heavy atom. The number of aromatic nitrogens is 3. The van der Waals surface area contributed by atoms with Crippen LogP contribution in [0, 0.1) is 6.92 Å². The van der Waals surface area contributed by atoms with E-state index >= 15 is 0 Å². The molecule has 182 valence electrons. The highest BCUT2D eigenvalue weighted by Crippen LogP contribution is 2.26. The fourth-order valence-electron chi connectivity index (χ4n) is 4.03. The molecule has 2 N–H and O–H groups in total. The summed E-state index contributed by atoms with van der Waals surface area (Å²) < 4.78 is 35.2. The molecule has 0 bridgehead atoms. The van der Waals surface area contributed by atoms with Gasteiger partial charge in [0.25, 0.3) is 0 Å². The van der Waals surface area contributed by atoms with E-state index in [2.05, 4.69) is 20.0 Å². The zero-order valence-electron chi connectivity index (χ0n) is 19.5. The third-order valence-corrected chi connectivity index (χ3v) is 7.46. The molecule has 0 amide bonds. The van der Waals surface area contributed by atoms with Gasteiger partial charge in [-0.3, -0.25) is 4.90 Å². The first kappa shape index (κ1) is 23.4. The second kappa shape index (κ2) is 10.1. The first-order chi connectivity index (χ1) is 17.0.